The molecular formula is C11H15F3N4O. The number of alkyl halides is 3. The Hall–Kier alpha value is -1.96. The molecule has 0 aliphatic carbocycles. The smallest absolute Gasteiger partial charge is 0.404 e. The molecule has 0 aliphatic rings. The molecule has 0 fully saturated rings. The van der Waals surface area contributed by atoms with Gasteiger partial charge in [0.15, 0.2) is 5.75 Å². The number of anilines is 1. The minimum absolute atomic E-state index is 0.118. The summed E-state index contributed by atoms with van der Waals surface area (Å²) in [7, 11) is 0. The minimum atomic E-state index is -4.76. The zero-order chi connectivity index (χ0) is 14.3. The lowest BCUT2D eigenvalue weighted by Crippen LogP contribution is -2.36. The molecule has 1 aromatic carbocycles. The number of nitrogens with one attached hydrogen (secondary N) is 2. The lowest BCUT2D eigenvalue weighted by Gasteiger charge is -2.15. The van der Waals surface area contributed by atoms with Crippen LogP contribution in [0, 0.1) is 0 Å². The van der Waals surface area contributed by atoms with Crippen molar-refractivity contribution in [2.75, 3.05) is 11.9 Å². The molecular weight excluding hydrogens is 261 g/mol. The second-order valence-electron chi connectivity index (χ2n) is 3.54. The van der Waals surface area contributed by atoms with Crippen molar-refractivity contribution in [1.29, 1.82) is 0 Å². The first kappa shape index (κ1) is 15.1. The van der Waals surface area contributed by atoms with Gasteiger partial charge in [-0.1, -0.05) is 19.1 Å². The minimum Gasteiger partial charge on any atom is -0.404 e. The van der Waals surface area contributed by atoms with E-state index in [0.717, 1.165) is 6.42 Å². The highest BCUT2D eigenvalue weighted by Gasteiger charge is 2.32. The predicted octanol–water partition coefficient (Wildman–Crippen LogP) is 2.23. The summed E-state index contributed by atoms with van der Waals surface area (Å²) in [4.78, 5) is 4.03. The van der Waals surface area contributed by atoms with Crippen molar-refractivity contribution in [2.24, 2.45) is 10.8 Å². The van der Waals surface area contributed by atoms with Crippen molar-refractivity contribution in [3.05, 3.63) is 24.3 Å². The van der Waals surface area contributed by atoms with Crippen LogP contribution >= 0.6 is 0 Å². The molecule has 8 heteroatoms. The van der Waals surface area contributed by atoms with Crippen LogP contribution in [0.15, 0.2) is 29.3 Å². The maximum absolute atomic E-state index is 12.2. The Morgan fingerprint density at radius 2 is 2.05 bits per heavy atom. The Balaban J connectivity index is 2.88. The zero-order valence-corrected chi connectivity index (χ0v) is 10.3. The number of nitrogens with zero attached hydrogens (tertiary/aromatic N) is 1. The van der Waals surface area contributed by atoms with E-state index in [4.69, 9.17) is 5.84 Å². The van der Waals surface area contributed by atoms with E-state index in [1.165, 1.54) is 18.2 Å². The second kappa shape index (κ2) is 6.83. The van der Waals surface area contributed by atoms with Crippen molar-refractivity contribution in [3.63, 3.8) is 0 Å². The number of hydrazine groups is 1. The highest BCUT2D eigenvalue weighted by Crippen LogP contribution is 2.29. The monoisotopic (exact) mass is 276 g/mol. The van der Waals surface area contributed by atoms with Gasteiger partial charge in [-0.2, -0.15) is 0 Å². The highest BCUT2D eigenvalue weighted by atomic mass is 19.4. The van der Waals surface area contributed by atoms with Gasteiger partial charge in [-0.05, 0) is 18.6 Å². The molecule has 0 aromatic heterocycles. The molecule has 0 radical (unpaired) electrons. The number of nitrogens with two attached hydrogens (primary N) is 1. The van der Waals surface area contributed by atoms with Gasteiger partial charge in [-0.25, -0.2) is 5.84 Å². The molecule has 0 saturated carbocycles. The summed E-state index contributed by atoms with van der Waals surface area (Å²) in [6.07, 6.45) is -3.97. The third kappa shape index (κ3) is 5.47. The number of benzene rings is 1. The van der Waals surface area contributed by atoms with Crippen LogP contribution < -0.4 is 21.3 Å². The van der Waals surface area contributed by atoms with Gasteiger partial charge in [0.05, 0.1) is 5.69 Å². The number of rotatable bonds is 4. The molecule has 106 valence electrons. The molecule has 0 aliphatic heterocycles. The van der Waals surface area contributed by atoms with Gasteiger partial charge < -0.3 is 10.1 Å². The molecule has 0 heterocycles. The Labute approximate surface area is 108 Å². The Kier molecular flexibility index (Phi) is 5.43. The summed E-state index contributed by atoms with van der Waals surface area (Å²) in [5.74, 6) is 5.05. The molecule has 0 saturated heterocycles. The van der Waals surface area contributed by atoms with Gasteiger partial charge in [0.25, 0.3) is 0 Å². The number of para-hydroxylation sites is 2. The van der Waals surface area contributed by atoms with E-state index in [1.807, 2.05) is 6.92 Å². The molecule has 0 unspecified atom stereocenters. The number of hydrogen-bond acceptors (Lipinski definition) is 3. The summed E-state index contributed by atoms with van der Waals surface area (Å²) in [5, 5.41) is 2.64. The molecule has 0 amide bonds. The van der Waals surface area contributed by atoms with Gasteiger partial charge in [0.1, 0.15) is 0 Å². The first-order chi connectivity index (χ1) is 8.96. The van der Waals surface area contributed by atoms with Crippen LogP contribution in [0.3, 0.4) is 0 Å². The van der Waals surface area contributed by atoms with E-state index in [1.54, 1.807) is 6.07 Å². The van der Waals surface area contributed by atoms with Gasteiger partial charge in [0, 0.05) is 6.54 Å². The highest BCUT2D eigenvalue weighted by molar-refractivity contribution is 5.94. The first-order valence-corrected chi connectivity index (χ1v) is 5.59. The van der Waals surface area contributed by atoms with Crippen molar-refractivity contribution in [2.45, 2.75) is 19.7 Å². The summed E-state index contributed by atoms with van der Waals surface area (Å²) in [6, 6.07) is 5.63. The van der Waals surface area contributed by atoms with E-state index < -0.39 is 6.36 Å². The molecule has 5 nitrogen and oxygen atoms in total. The third-order valence-electron chi connectivity index (χ3n) is 2.00. The summed E-state index contributed by atoms with van der Waals surface area (Å²) in [6.45, 7) is 2.41. The molecule has 1 aromatic rings. The topological polar surface area (TPSA) is 71.7 Å². The van der Waals surface area contributed by atoms with Crippen LogP contribution in [0.2, 0.25) is 0 Å². The van der Waals surface area contributed by atoms with Crippen LogP contribution in [-0.4, -0.2) is 18.9 Å². The normalized spacial score (nSPS) is 12.2. The van der Waals surface area contributed by atoms with Crippen molar-refractivity contribution < 1.29 is 17.9 Å². The number of halogens is 3. The van der Waals surface area contributed by atoms with Crippen LogP contribution in [0.4, 0.5) is 18.9 Å². The third-order valence-corrected chi connectivity index (χ3v) is 2.00. The summed E-state index contributed by atoms with van der Waals surface area (Å²) < 4.78 is 40.6. The van der Waals surface area contributed by atoms with E-state index in [2.05, 4.69) is 20.5 Å². The van der Waals surface area contributed by atoms with E-state index in [-0.39, 0.29) is 17.4 Å². The molecule has 19 heavy (non-hydrogen) atoms. The average molecular weight is 276 g/mol. The number of guanidine groups is 1. The maximum atomic E-state index is 12.2. The summed E-state index contributed by atoms with van der Waals surface area (Å²) >= 11 is 0. The molecule has 4 N–H and O–H groups in total. The van der Waals surface area contributed by atoms with Gasteiger partial charge in [-0.3, -0.25) is 10.4 Å². The molecule has 0 spiro atoms. The second-order valence-corrected chi connectivity index (χ2v) is 3.54. The van der Waals surface area contributed by atoms with E-state index in [0.29, 0.717) is 6.54 Å². The van der Waals surface area contributed by atoms with Gasteiger partial charge in [0.2, 0.25) is 5.96 Å². The first-order valence-electron chi connectivity index (χ1n) is 5.59. The van der Waals surface area contributed by atoms with Crippen molar-refractivity contribution in [1.82, 2.24) is 5.43 Å². The number of hydrogen-bond donors (Lipinski definition) is 3. The SMILES string of the molecule is CCCN=C(NN)Nc1ccccc1OC(F)(F)F. The van der Waals surface area contributed by atoms with E-state index >= 15 is 0 Å². The summed E-state index contributed by atoms with van der Waals surface area (Å²) in [5.41, 5.74) is 2.40. The fraction of sp³-hybridized carbons (Fsp3) is 0.364. The van der Waals surface area contributed by atoms with Crippen molar-refractivity contribution >= 4 is 11.6 Å². The van der Waals surface area contributed by atoms with Crippen LogP contribution in [0.5, 0.6) is 5.75 Å². The Morgan fingerprint density at radius 3 is 2.63 bits per heavy atom. The quantitative estimate of drug-likeness (QED) is 0.341. The predicted molar refractivity (Wildman–Crippen MR) is 66.7 cm³/mol. The lowest BCUT2D eigenvalue weighted by atomic mass is 10.3. The average Bonchev–Trinajstić information content (AvgIpc) is 2.34. The fourth-order valence-corrected chi connectivity index (χ4v) is 1.26. The Bertz CT molecular complexity index is 434. The number of ether oxygens (including phenoxy) is 1. The largest absolute Gasteiger partial charge is 0.573 e. The van der Waals surface area contributed by atoms with Crippen LogP contribution in [0.1, 0.15) is 13.3 Å². The standard InChI is InChI=1S/C11H15F3N4O/c1-2-7-16-10(18-15)17-8-5-3-4-6-9(8)19-11(12,13)14/h3-6H,2,7,15H2,1H3,(H2,16,17,18). The lowest BCUT2D eigenvalue weighted by molar-refractivity contribution is -0.274. The molecule has 0 atom stereocenters. The van der Waals surface area contributed by atoms with Gasteiger partial charge in [-0.15, -0.1) is 13.2 Å². The molecule has 1 rings (SSSR count). The number of aliphatic imine (C=N–C) groups is 1. The maximum Gasteiger partial charge on any atom is 0.573 e. The van der Waals surface area contributed by atoms with Crippen LogP contribution in [0.25, 0.3) is 0 Å². The van der Waals surface area contributed by atoms with Crippen LogP contribution in [-0.2, 0) is 0 Å². The van der Waals surface area contributed by atoms with Crippen molar-refractivity contribution in [3.8, 4) is 5.75 Å². The fourth-order valence-electron chi connectivity index (χ4n) is 1.26. The molecule has 0 bridgehead atoms. The Morgan fingerprint density at radius 1 is 1.37 bits per heavy atom. The zero-order valence-electron chi connectivity index (χ0n) is 10.3. The van der Waals surface area contributed by atoms with Gasteiger partial charge >= 0.3 is 6.36 Å². The van der Waals surface area contributed by atoms with E-state index in [9.17, 15) is 13.2 Å².